The summed E-state index contributed by atoms with van der Waals surface area (Å²) in [6.45, 7) is 5.89. The first-order chi connectivity index (χ1) is 12.7. The van der Waals surface area contributed by atoms with Crippen molar-refractivity contribution in [1.29, 1.82) is 0 Å². The fourth-order valence-electron chi connectivity index (χ4n) is 4.05. The van der Waals surface area contributed by atoms with Crippen LogP contribution >= 0.6 is 0 Å². The lowest BCUT2D eigenvalue weighted by atomic mass is 9.86. The van der Waals surface area contributed by atoms with Gasteiger partial charge in [0.1, 0.15) is 12.1 Å². The first-order valence-electron chi connectivity index (χ1n) is 9.10. The number of rotatable bonds is 3. The molecule has 4 rings (SSSR count). The molecule has 26 heavy (non-hydrogen) atoms. The average molecular weight is 352 g/mol. The van der Waals surface area contributed by atoms with E-state index in [2.05, 4.69) is 46.1 Å². The van der Waals surface area contributed by atoms with E-state index in [0.717, 1.165) is 13.1 Å². The zero-order valence-electron chi connectivity index (χ0n) is 15.0. The van der Waals surface area contributed by atoms with Crippen LogP contribution in [0.4, 0.5) is 5.82 Å². The first-order valence-corrected chi connectivity index (χ1v) is 9.10. The van der Waals surface area contributed by atoms with E-state index in [-0.39, 0.29) is 17.4 Å². The number of nitrogens with zero attached hydrogens (tertiary/aromatic N) is 4. The zero-order chi connectivity index (χ0) is 18.0. The lowest BCUT2D eigenvalue weighted by molar-refractivity contribution is -0.118. The molecular formula is C20H24N4O2. The minimum Gasteiger partial charge on any atom is -0.379 e. The Morgan fingerprint density at radius 1 is 1.19 bits per heavy atom. The van der Waals surface area contributed by atoms with Crippen LogP contribution in [0.25, 0.3) is 0 Å². The third kappa shape index (κ3) is 3.34. The van der Waals surface area contributed by atoms with Crippen molar-refractivity contribution in [3.63, 3.8) is 0 Å². The lowest BCUT2D eigenvalue weighted by Crippen LogP contribution is -2.41. The molecule has 1 aromatic carbocycles. The Morgan fingerprint density at radius 2 is 2.04 bits per heavy atom. The van der Waals surface area contributed by atoms with Crippen LogP contribution < -0.4 is 4.90 Å². The summed E-state index contributed by atoms with van der Waals surface area (Å²) in [5.74, 6) is 0.787. The summed E-state index contributed by atoms with van der Waals surface area (Å²) >= 11 is 0. The number of hydrogen-bond acceptors (Lipinski definition) is 5. The Morgan fingerprint density at radius 3 is 2.81 bits per heavy atom. The van der Waals surface area contributed by atoms with Gasteiger partial charge in [0.15, 0.2) is 0 Å². The predicted molar refractivity (Wildman–Crippen MR) is 98.7 cm³/mol. The number of carbonyl (C=O) groups excluding carboxylic acids is 1. The highest BCUT2D eigenvalue weighted by Crippen LogP contribution is 2.38. The molecule has 0 N–H and O–H groups in total. The number of anilines is 1. The van der Waals surface area contributed by atoms with E-state index < -0.39 is 0 Å². The van der Waals surface area contributed by atoms with Gasteiger partial charge in [0.2, 0.25) is 5.91 Å². The summed E-state index contributed by atoms with van der Waals surface area (Å²) in [6, 6.07) is 12.6. The predicted octanol–water partition coefficient (Wildman–Crippen LogP) is 2.29. The van der Waals surface area contributed by atoms with E-state index in [4.69, 9.17) is 4.74 Å². The van der Waals surface area contributed by atoms with Gasteiger partial charge < -0.3 is 4.74 Å². The van der Waals surface area contributed by atoms with Crippen LogP contribution in [0.1, 0.15) is 24.9 Å². The van der Waals surface area contributed by atoms with Crippen molar-refractivity contribution in [3.05, 3.63) is 54.5 Å². The molecule has 0 unspecified atom stereocenters. The number of carbonyl (C=O) groups is 1. The average Bonchev–Trinajstić information content (AvgIpc) is 2.86. The first kappa shape index (κ1) is 17.1. The molecule has 1 aromatic heterocycles. The van der Waals surface area contributed by atoms with Crippen LogP contribution in [0.2, 0.25) is 0 Å². The molecule has 0 radical (unpaired) electrons. The number of amides is 1. The number of hydrogen-bond donors (Lipinski definition) is 0. The summed E-state index contributed by atoms with van der Waals surface area (Å²) in [5.41, 5.74) is 1.10. The van der Waals surface area contributed by atoms with Crippen LogP contribution in [0.5, 0.6) is 0 Å². The zero-order valence-corrected chi connectivity index (χ0v) is 15.0. The van der Waals surface area contributed by atoms with Crippen LogP contribution in [0.15, 0.2) is 48.9 Å². The standard InChI is InChI=1S/C20H24N4O2/c1-16(17-5-3-2-4-6-17)23-9-10-26-14-20(12-23)11-19(25)24(13-20)18-7-8-21-15-22-18/h2-8,15-16H,9-14H2,1H3/t16-,20-/m1/s1. The van der Waals surface area contributed by atoms with E-state index in [1.54, 1.807) is 17.2 Å². The van der Waals surface area contributed by atoms with Gasteiger partial charge >= 0.3 is 0 Å². The lowest BCUT2D eigenvalue weighted by Gasteiger charge is -2.34. The van der Waals surface area contributed by atoms with E-state index in [1.165, 1.54) is 11.9 Å². The molecule has 136 valence electrons. The van der Waals surface area contributed by atoms with Crippen LogP contribution in [-0.4, -0.2) is 53.6 Å². The van der Waals surface area contributed by atoms with Crippen molar-refractivity contribution in [2.24, 2.45) is 5.41 Å². The van der Waals surface area contributed by atoms with E-state index >= 15 is 0 Å². The van der Waals surface area contributed by atoms with Gasteiger partial charge in [-0.2, -0.15) is 0 Å². The van der Waals surface area contributed by atoms with Gasteiger partial charge in [0.05, 0.1) is 13.2 Å². The summed E-state index contributed by atoms with van der Waals surface area (Å²) < 4.78 is 5.93. The number of benzene rings is 1. The van der Waals surface area contributed by atoms with E-state index in [0.29, 0.717) is 32.0 Å². The van der Waals surface area contributed by atoms with E-state index in [1.807, 2.05) is 6.07 Å². The molecule has 1 amide bonds. The minimum atomic E-state index is -0.193. The molecule has 2 fully saturated rings. The third-order valence-electron chi connectivity index (χ3n) is 5.46. The van der Waals surface area contributed by atoms with Crippen molar-refractivity contribution >= 4 is 11.7 Å². The number of ether oxygens (including phenoxy) is 1. The molecule has 2 atom stereocenters. The molecule has 2 aliphatic rings. The maximum atomic E-state index is 12.7. The Balaban J connectivity index is 1.55. The highest BCUT2D eigenvalue weighted by molar-refractivity contribution is 5.95. The maximum absolute atomic E-state index is 12.7. The van der Waals surface area contributed by atoms with Crippen LogP contribution in [-0.2, 0) is 9.53 Å². The van der Waals surface area contributed by atoms with Crippen molar-refractivity contribution in [2.45, 2.75) is 19.4 Å². The molecule has 6 heteroatoms. The number of aromatic nitrogens is 2. The second-order valence-corrected chi connectivity index (χ2v) is 7.33. The van der Waals surface area contributed by atoms with Gasteiger partial charge in [0.25, 0.3) is 0 Å². The Hall–Kier alpha value is -2.31. The van der Waals surface area contributed by atoms with Crippen LogP contribution in [0.3, 0.4) is 0 Å². The Kier molecular flexibility index (Phi) is 4.70. The molecule has 0 saturated carbocycles. The highest BCUT2D eigenvalue weighted by Gasteiger charge is 2.46. The smallest absolute Gasteiger partial charge is 0.228 e. The van der Waals surface area contributed by atoms with Crippen molar-refractivity contribution in [3.8, 4) is 0 Å². The fourth-order valence-corrected chi connectivity index (χ4v) is 4.05. The highest BCUT2D eigenvalue weighted by atomic mass is 16.5. The molecule has 0 bridgehead atoms. The topological polar surface area (TPSA) is 58.6 Å². The SMILES string of the molecule is C[C@H](c1ccccc1)N1CCOC[C@]2(CC(=O)N(c3ccncn3)C2)C1. The second kappa shape index (κ2) is 7.13. The summed E-state index contributed by atoms with van der Waals surface area (Å²) in [6.07, 6.45) is 3.66. The molecule has 2 aliphatic heterocycles. The Labute approximate surface area is 153 Å². The van der Waals surface area contributed by atoms with Crippen molar-refractivity contribution in [1.82, 2.24) is 14.9 Å². The third-order valence-corrected chi connectivity index (χ3v) is 5.46. The Bertz CT molecular complexity index is 755. The van der Waals surface area contributed by atoms with Gasteiger partial charge in [-0.15, -0.1) is 0 Å². The van der Waals surface area contributed by atoms with Gasteiger partial charge in [-0.05, 0) is 18.6 Å². The summed E-state index contributed by atoms with van der Waals surface area (Å²) in [7, 11) is 0. The maximum Gasteiger partial charge on any atom is 0.228 e. The molecule has 6 nitrogen and oxygen atoms in total. The van der Waals surface area contributed by atoms with Gasteiger partial charge in [-0.1, -0.05) is 30.3 Å². The van der Waals surface area contributed by atoms with Crippen molar-refractivity contribution in [2.75, 3.05) is 37.7 Å². The quantitative estimate of drug-likeness (QED) is 0.848. The molecule has 2 saturated heterocycles. The van der Waals surface area contributed by atoms with Crippen molar-refractivity contribution < 1.29 is 9.53 Å². The van der Waals surface area contributed by atoms with Gasteiger partial charge in [-0.25, -0.2) is 9.97 Å². The summed E-state index contributed by atoms with van der Waals surface area (Å²) in [4.78, 5) is 25.1. The van der Waals surface area contributed by atoms with Crippen LogP contribution in [0, 0.1) is 5.41 Å². The summed E-state index contributed by atoms with van der Waals surface area (Å²) in [5, 5.41) is 0. The largest absolute Gasteiger partial charge is 0.379 e. The second-order valence-electron chi connectivity index (χ2n) is 7.33. The molecule has 1 spiro atoms. The monoisotopic (exact) mass is 352 g/mol. The minimum absolute atomic E-state index is 0.113. The van der Waals surface area contributed by atoms with Gasteiger partial charge in [-0.3, -0.25) is 14.6 Å². The normalized spacial score (nSPS) is 25.4. The fraction of sp³-hybridized carbons (Fsp3) is 0.450. The molecule has 2 aromatic rings. The van der Waals surface area contributed by atoms with Gasteiger partial charge in [0, 0.05) is 43.7 Å². The van der Waals surface area contributed by atoms with E-state index in [9.17, 15) is 4.79 Å². The molecule has 0 aliphatic carbocycles. The molecular weight excluding hydrogens is 328 g/mol. The molecule has 3 heterocycles.